The smallest absolute Gasteiger partial charge is 0.338 e. The first-order valence-electron chi connectivity index (χ1n) is 8.09. The molecule has 0 N–H and O–H groups in total. The van der Waals surface area contributed by atoms with Crippen LogP contribution in [0.5, 0.6) is 0 Å². The number of anilines is 1. The van der Waals surface area contributed by atoms with Crippen molar-refractivity contribution in [3.05, 3.63) is 65.7 Å². The molecular formula is C19H21NO5S. The van der Waals surface area contributed by atoms with Gasteiger partial charge in [0.05, 0.1) is 11.3 Å². The summed E-state index contributed by atoms with van der Waals surface area (Å²) in [6.07, 6.45) is 1.12. The maximum atomic E-state index is 12.3. The van der Waals surface area contributed by atoms with Crippen molar-refractivity contribution in [3.63, 3.8) is 0 Å². The van der Waals surface area contributed by atoms with Gasteiger partial charge in [0.25, 0.3) is 5.91 Å². The number of nitrogens with zero attached hydrogens (tertiary/aromatic N) is 1. The number of carbonyl (C=O) groups is 2. The topological polar surface area (TPSA) is 80.8 Å². The lowest BCUT2D eigenvalue weighted by atomic mass is 10.1. The number of esters is 1. The Morgan fingerprint density at radius 1 is 1.04 bits per heavy atom. The van der Waals surface area contributed by atoms with Gasteiger partial charge in [-0.1, -0.05) is 30.3 Å². The minimum absolute atomic E-state index is 0.162. The largest absolute Gasteiger partial charge is 0.452 e. The first-order valence-corrected chi connectivity index (χ1v) is 10.2. The summed E-state index contributed by atoms with van der Waals surface area (Å²) < 4.78 is 27.8. The molecule has 0 atom stereocenters. The third-order valence-electron chi connectivity index (χ3n) is 3.60. The molecule has 138 valence electrons. The number of ether oxygens (including phenoxy) is 1. The number of likely N-dealkylation sites (N-methyl/N-ethyl adjacent to an activating group) is 1. The lowest BCUT2D eigenvalue weighted by molar-refractivity contribution is -0.121. The van der Waals surface area contributed by atoms with Gasteiger partial charge in [-0.2, -0.15) is 0 Å². The Labute approximate surface area is 153 Å². The first kappa shape index (κ1) is 19.7. The van der Waals surface area contributed by atoms with E-state index in [4.69, 9.17) is 4.74 Å². The molecule has 0 aromatic heterocycles. The number of sulfone groups is 1. The summed E-state index contributed by atoms with van der Waals surface area (Å²) >= 11 is 0. The van der Waals surface area contributed by atoms with Gasteiger partial charge < -0.3 is 9.64 Å². The molecule has 1 amide bonds. The minimum atomic E-state index is -3.20. The predicted molar refractivity (Wildman–Crippen MR) is 99.7 cm³/mol. The molecule has 2 aromatic carbocycles. The van der Waals surface area contributed by atoms with Crippen molar-refractivity contribution < 1.29 is 22.7 Å². The zero-order valence-electron chi connectivity index (χ0n) is 14.7. The monoisotopic (exact) mass is 375 g/mol. The molecule has 6 nitrogen and oxygen atoms in total. The van der Waals surface area contributed by atoms with Crippen LogP contribution < -0.4 is 4.90 Å². The molecule has 0 saturated heterocycles. The lowest BCUT2D eigenvalue weighted by Gasteiger charge is -2.20. The number of rotatable bonds is 7. The van der Waals surface area contributed by atoms with Gasteiger partial charge >= 0.3 is 5.97 Å². The summed E-state index contributed by atoms with van der Waals surface area (Å²) in [5.74, 6) is -1.16. The number of hydrogen-bond acceptors (Lipinski definition) is 5. The lowest BCUT2D eigenvalue weighted by Crippen LogP contribution is -2.34. The highest BCUT2D eigenvalue weighted by molar-refractivity contribution is 7.89. The fourth-order valence-electron chi connectivity index (χ4n) is 2.49. The third-order valence-corrected chi connectivity index (χ3v) is 4.46. The van der Waals surface area contributed by atoms with Crippen LogP contribution in [0.1, 0.15) is 22.8 Å². The Bertz CT molecular complexity index is 878. The molecule has 0 bridgehead atoms. The molecule has 0 saturated carbocycles. The first-order chi connectivity index (χ1) is 12.3. The van der Waals surface area contributed by atoms with Gasteiger partial charge in [0, 0.05) is 18.5 Å². The molecule has 2 aromatic rings. The van der Waals surface area contributed by atoms with E-state index in [0.29, 0.717) is 12.1 Å². The van der Waals surface area contributed by atoms with Crippen LogP contribution in [0.25, 0.3) is 0 Å². The quantitative estimate of drug-likeness (QED) is 0.695. The minimum Gasteiger partial charge on any atom is -0.452 e. The zero-order chi connectivity index (χ0) is 19.2. The number of amides is 1. The number of benzene rings is 2. The predicted octanol–water partition coefficient (Wildman–Crippen LogP) is 2.44. The van der Waals surface area contributed by atoms with Crippen molar-refractivity contribution in [2.75, 3.05) is 24.3 Å². The van der Waals surface area contributed by atoms with Gasteiger partial charge in [-0.25, -0.2) is 13.2 Å². The van der Waals surface area contributed by atoms with Crippen LogP contribution >= 0.6 is 0 Å². The van der Waals surface area contributed by atoms with Gasteiger partial charge in [0.1, 0.15) is 0 Å². The number of hydrogen-bond donors (Lipinski definition) is 0. The van der Waals surface area contributed by atoms with Crippen LogP contribution in [0.3, 0.4) is 0 Å². The summed E-state index contributed by atoms with van der Waals surface area (Å²) in [5, 5.41) is 0. The van der Waals surface area contributed by atoms with Crippen LogP contribution in [0.15, 0.2) is 54.6 Å². The van der Waals surface area contributed by atoms with Crippen molar-refractivity contribution in [2.45, 2.75) is 12.7 Å². The van der Waals surface area contributed by atoms with Crippen molar-refractivity contribution in [1.82, 2.24) is 0 Å². The summed E-state index contributed by atoms with van der Waals surface area (Å²) in [4.78, 5) is 26.0. The van der Waals surface area contributed by atoms with E-state index >= 15 is 0 Å². The van der Waals surface area contributed by atoms with E-state index in [1.807, 2.05) is 25.1 Å². The van der Waals surface area contributed by atoms with Crippen LogP contribution in [-0.2, 0) is 25.1 Å². The van der Waals surface area contributed by atoms with Gasteiger partial charge in [0.15, 0.2) is 16.4 Å². The Morgan fingerprint density at radius 2 is 1.73 bits per heavy atom. The molecule has 0 aliphatic rings. The Kier molecular flexibility index (Phi) is 6.52. The van der Waals surface area contributed by atoms with Crippen LogP contribution in [0.2, 0.25) is 0 Å². The molecule has 0 fully saturated rings. The van der Waals surface area contributed by atoms with E-state index < -0.39 is 22.4 Å². The molecule has 0 radical (unpaired) electrons. The average Bonchev–Trinajstić information content (AvgIpc) is 2.60. The third kappa shape index (κ3) is 5.70. The van der Waals surface area contributed by atoms with E-state index in [2.05, 4.69) is 0 Å². The maximum absolute atomic E-state index is 12.3. The molecule has 0 aliphatic heterocycles. The second-order valence-electron chi connectivity index (χ2n) is 5.82. The van der Waals surface area contributed by atoms with Gasteiger partial charge in [-0.05, 0) is 36.8 Å². The average molecular weight is 375 g/mol. The molecule has 0 heterocycles. The second-order valence-corrected chi connectivity index (χ2v) is 7.96. The maximum Gasteiger partial charge on any atom is 0.338 e. The zero-order valence-corrected chi connectivity index (χ0v) is 15.5. The van der Waals surface area contributed by atoms with Crippen molar-refractivity contribution in [1.29, 1.82) is 0 Å². The van der Waals surface area contributed by atoms with Crippen molar-refractivity contribution in [2.24, 2.45) is 0 Å². The fraction of sp³-hybridized carbons (Fsp3) is 0.263. The summed E-state index contributed by atoms with van der Waals surface area (Å²) in [6, 6.07) is 15.3. The van der Waals surface area contributed by atoms with Gasteiger partial charge in [-0.3, -0.25) is 4.79 Å². The van der Waals surface area contributed by atoms with Crippen LogP contribution in [0.4, 0.5) is 5.69 Å². The second kappa shape index (κ2) is 8.62. The molecule has 2 rings (SSSR count). The molecular weight excluding hydrogens is 354 g/mol. The van der Waals surface area contributed by atoms with Crippen molar-refractivity contribution in [3.8, 4) is 0 Å². The molecule has 7 heteroatoms. The standard InChI is InChI=1S/C19H21NO5S/c1-3-20(17-10-5-4-6-11-17)18(21)13-25-19(22)16-9-7-8-15(12-16)14-26(2,23)24/h4-12H,3,13-14H2,1-2H3. The van der Waals surface area contributed by atoms with Crippen LogP contribution in [0, 0.1) is 0 Å². The summed E-state index contributed by atoms with van der Waals surface area (Å²) in [6.45, 7) is 1.89. The number of carbonyl (C=O) groups excluding carboxylic acids is 2. The van der Waals surface area contributed by atoms with E-state index in [0.717, 1.165) is 11.9 Å². The summed E-state index contributed by atoms with van der Waals surface area (Å²) in [5.41, 5.74) is 1.43. The van der Waals surface area contributed by atoms with E-state index in [1.165, 1.54) is 17.0 Å². The highest BCUT2D eigenvalue weighted by atomic mass is 32.2. The van der Waals surface area contributed by atoms with Crippen molar-refractivity contribution >= 4 is 27.4 Å². The highest BCUT2D eigenvalue weighted by Gasteiger charge is 2.17. The highest BCUT2D eigenvalue weighted by Crippen LogP contribution is 2.14. The Hall–Kier alpha value is -2.67. The Morgan fingerprint density at radius 3 is 2.35 bits per heavy atom. The van der Waals surface area contributed by atoms with E-state index in [9.17, 15) is 18.0 Å². The SMILES string of the molecule is CCN(C(=O)COC(=O)c1cccc(CS(C)(=O)=O)c1)c1ccccc1. The summed E-state index contributed by atoms with van der Waals surface area (Å²) in [7, 11) is -3.20. The molecule has 0 unspecified atom stereocenters. The molecule has 0 spiro atoms. The van der Waals surface area contributed by atoms with E-state index in [-0.39, 0.29) is 17.2 Å². The molecule has 0 aliphatic carbocycles. The molecule has 26 heavy (non-hydrogen) atoms. The van der Waals surface area contributed by atoms with Gasteiger partial charge in [0.2, 0.25) is 0 Å². The van der Waals surface area contributed by atoms with E-state index in [1.54, 1.807) is 24.3 Å². The van der Waals surface area contributed by atoms with Gasteiger partial charge in [-0.15, -0.1) is 0 Å². The van der Waals surface area contributed by atoms with Crippen LogP contribution in [-0.4, -0.2) is 39.7 Å². The fourth-order valence-corrected chi connectivity index (χ4v) is 3.28. The Balaban J connectivity index is 2.02. The number of para-hydroxylation sites is 1. The normalized spacial score (nSPS) is 11.0.